The van der Waals surface area contributed by atoms with Crippen LogP contribution in [0.4, 0.5) is 10.1 Å². The second kappa shape index (κ2) is 9.72. The number of hydrogen-bond acceptors (Lipinski definition) is 7. The van der Waals surface area contributed by atoms with E-state index in [1.165, 1.54) is 30.5 Å². The highest BCUT2D eigenvalue weighted by Crippen LogP contribution is 2.20. The van der Waals surface area contributed by atoms with E-state index in [1.807, 2.05) is 0 Å². The van der Waals surface area contributed by atoms with Crippen molar-refractivity contribution < 1.29 is 19.0 Å². The SMILES string of the molecule is N=N/C(=C\Nc1ccc(C(=O)N2CCOC[C@@H]2CO)cc1)c1cc2cc(F)ccc2[nH]c1=O. The van der Waals surface area contributed by atoms with Crippen molar-refractivity contribution in [3.63, 3.8) is 0 Å². The first-order valence-corrected chi connectivity index (χ1v) is 10.3. The number of carbonyl (C=O) groups excluding carboxylic acids is 1. The van der Waals surface area contributed by atoms with Crippen molar-refractivity contribution in [1.29, 1.82) is 5.53 Å². The van der Waals surface area contributed by atoms with Crippen LogP contribution in [0.3, 0.4) is 0 Å². The van der Waals surface area contributed by atoms with Gasteiger partial charge in [0.1, 0.15) is 11.5 Å². The van der Waals surface area contributed by atoms with Crippen LogP contribution >= 0.6 is 0 Å². The van der Waals surface area contributed by atoms with Gasteiger partial charge in [-0.1, -0.05) is 0 Å². The van der Waals surface area contributed by atoms with Crippen LogP contribution in [0, 0.1) is 11.3 Å². The summed E-state index contributed by atoms with van der Waals surface area (Å²) in [5, 5.41) is 16.3. The summed E-state index contributed by atoms with van der Waals surface area (Å²) in [5.41, 5.74) is 8.72. The number of aliphatic hydroxyl groups excluding tert-OH is 1. The lowest BCUT2D eigenvalue weighted by molar-refractivity contribution is -0.0183. The largest absolute Gasteiger partial charge is 0.394 e. The Hall–Kier alpha value is -3.89. The van der Waals surface area contributed by atoms with E-state index in [-0.39, 0.29) is 29.8 Å². The van der Waals surface area contributed by atoms with Gasteiger partial charge >= 0.3 is 0 Å². The summed E-state index contributed by atoms with van der Waals surface area (Å²) in [6.07, 6.45) is 1.39. The van der Waals surface area contributed by atoms with E-state index in [0.29, 0.717) is 41.9 Å². The number of aromatic nitrogens is 1. The Labute approximate surface area is 188 Å². The third-order valence-corrected chi connectivity index (χ3v) is 5.41. The number of carbonyl (C=O) groups is 1. The molecule has 170 valence electrons. The number of H-pyrrole nitrogens is 1. The zero-order chi connectivity index (χ0) is 23.4. The van der Waals surface area contributed by atoms with Crippen molar-refractivity contribution in [1.82, 2.24) is 9.88 Å². The first kappa shape index (κ1) is 22.3. The highest BCUT2D eigenvalue weighted by molar-refractivity contribution is 5.95. The molecule has 1 amide bonds. The molecule has 0 bridgehead atoms. The molecule has 1 aliphatic heterocycles. The number of nitrogens with one attached hydrogen (secondary N) is 3. The fourth-order valence-corrected chi connectivity index (χ4v) is 3.64. The van der Waals surface area contributed by atoms with Crippen molar-refractivity contribution in [2.75, 3.05) is 31.7 Å². The van der Waals surface area contributed by atoms with E-state index in [9.17, 15) is 19.1 Å². The van der Waals surface area contributed by atoms with Gasteiger partial charge in [-0.05, 0) is 48.5 Å². The van der Waals surface area contributed by atoms with Crippen LogP contribution in [0.1, 0.15) is 15.9 Å². The van der Waals surface area contributed by atoms with Crippen molar-refractivity contribution in [2.24, 2.45) is 5.11 Å². The summed E-state index contributed by atoms with van der Waals surface area (Å²) in [5.74, 6) is -0.639. The van der Waals surface area contributed by atoms with Gasteiger partial charge in [0.2, 0.25) is 0 Å². The van der Waals surface area contributed by atoms with E-state index in [4.69, 9.17) is 10.3 Å². The average molecular weight is 451 g/mol. The van der Waals surface area contributed by atoms with Gasteiger partial charge in [0.05, 0.1) is 31.4 Å². The van der Waals surface area contributed by atoms with E-state index < -0.39 is 11.4 Å². The summed E-state index contributed by atoms with van der Waals surface area (Å²) >= 11 is 0. The fraction of sp³-hybridized carbons (Fsp3) is 0.217. The van der Waals surface area contributed by atoms with E-state index >= 15 is 0 Å². The Kier molecular flexibility index (Phi) is 6.57. The van der Waals surface area contributed by atoms with E-state index in [0.717, 1.165) is 0 Å². The van der Waals surface area contributed by atoms with Gasteiger partial charge in [0.25, 0.3) is 11.5 Å². The van der Waals surface area contributed by atoms with Crippen LogP contribution in [0.25, 0.3) is 16.6 Å². The number of rotatable bonds is 6. The first-order valence-electron chi connectivity index (χ1n) is 10.3. The lowest BCUT2D eigenvalue weighted by Crippen LogP contribution is -2.50. The topological polar surface area (TPSA) is 131 Å². The average Bonchev–Trinajstić information content (AvgIpc) is 2.84. The molecule has 1 aliphatic rings. The molecule has 0 spiro atoms. The second-order valence-corrected chi connectivity index (χ2v) is 7.52. The minimum atomic E-state index is -0.456. The molecule has 1 aromatic heterocycles. The summed E-state index contributed by atoms with van der Waals surface area (Å²) in [6, 6.07) is 11.8. The minimum absolute atomic E-state index is 0.0571. The summed E-state index contributed by atoms with van der Waals surface area (Å²) in [6.45, 7) is 0.959. The van der Waals surface area contributed by atoms with Crippen molar-refractivity contribution in [2.45, 2.75) is 6.04 Å². The van der Waals surface area contributed by atoms with Crippen LogP contribution in [0.5, 0.6) is 0 Å². The van der Waals surface area contributed by atoms with Gasteiger partial charge in [-0.3, -0.25) is 9.59 Å². The highest BCUT2D eigenvalue weighted by atomic mass is 19.1. The van der Waals surface area contributed by atoms with Gasteiger partial charge in [-0.2, -0.15) is 5.11 Å². The number of hydrogen-bond donors (Lipinski definition) is 4. The van der Waals surface area contributed by atoms with Crippen LogP contribution in [0.2, 0.25) is 0 Å². The quantitative estimate of drug-likeness (QED) is 0.428. The molecular weight excluding hydrogens is 429 g/mol. The maximum absolute atomic E-state index is 13.5. The second-order valence-electron chi connectivity index (χ2n) is 7.52. The molecule has 3 aromatic rings. The Bertz CT molecular complexity index is 1270. The van der Waals surface area contributed by atoms with Crippen LogP contribution < -0.4 is 10.9 Å². The van der Waals surface area contributed by atoms with Gasteiger partial charge in [-0.25, -0.2) is 9.92 Å². The number of fused-ring (bicyclic) bond motifs is 1. The summed E-state index contributed by atoms with van der Waals surface area (Å²) < 4.78 is 18.9. The predicted octanol–water partition coefficient (Wildman–Crippen LogP) is 2.94. The van der Waals surface area contributed by atoms with Crippen molar-refractivity contribution in [3.05, 3.63) is 82.0 Å². The van der Waals surface area contributed by atoms with Gasteiger partial charge < -0.3 is 25.0 Å². The summed E-state index contributed by atoms with van der Waals surface area (Å²) in [7, 11) is 0. The number of aliphatic hydroxyl groups is 1. The number of pyridine rings is 1. The minimum Gasteiger partial charge on any atom is -0.394 e. The standard InChI is InChI=1S/C23H22FN5O4/c24-16-3-6-20-15(9-16)10-19(22(31)27-20)21(28-25)11-26-17-4-1-14(2-5-17)23(32)29-7-8-33-13-18(29)12-30/h1-6,9-11,18,25-26,30H,7-8,12-13H2,(H,27,31)/b21-11-,28-25?/t18-/m0/s1. The molecule has 9 nitrogen and oxygen atoms in total. The maximum Gasteiger partial charge on any atom is 0.258 e. The van der Waals surface area contributed by atoms with E-state index in [2.05, 4.69) is 15.4 Å². The number of nitrogens with zero attached hydrogens (tertiary/aromatic N) is 2. The van der Waals surface area contributed by atoms with Gasteiger partial charge in [0.15, 0.2) is 0 Å². The first-order chi connectivity index (χ1) is 16.0. The van der Waals surface area contributed by atoms with Crippen molar-refractivity contribution in [3.8, 4) is 0 Å². The number of amides is 1. The molecule has 4 N–H and O–H groups in total. The number of halogens is 1. The molecule has 1 fully saturated rings. The highest BCUT2D eigenvalue weighted by Gasteiger charge is 2.27. The maximum atomic E-state index is 13.5. The predicted molar refractivity (Wildman–Crippen MR) is 120 cm³/mol. The van der Waals surface area contributed by atoms with Gasteiger partial charge in [-0.15, -0.1) is 0 Å². The normalized spacial score (nSPS) is 16.6. The molecule has 4 rings (SSSR count). The number of anilines is 1. The zero-order valence-corrected chi connectivity index (χ0v) is 17.5. The molecule has 0 unspecified atom stereocenters. The molecule has 0 aliphatic carbocycles. The Morgan fingerprint density at radius 2 is 2.09 bits per heavy atom. The van der Waals surface area contributed by atoms with Crippen LogP contribution in [-0.2, 0) is 4.74 Å². The smallest absolute Gasteiger partial charge is 0.258 e. The third-order valence-electron chi connectivity index (χ3n) is 5.41. The van der Waals surface area contributed by atoms with Crippen molar-refractivity contribution >= 4 is 28.2 Å². The number of aromatic amines is 1. The Morgan fingerprint density at radius 1 is 1.30 bits per heavy atom. The third kappa shape index (κ3) is 4.81. The number of morpholine rings is 1. The number of ether oxygens (including phenoxy) is 1. The van der Waals surface area contributed by atoms with E-state index in [1.54, 1.807) is 29.2 Å². The molecular formula is C23H22FN5O4. The fourth-order valence-electron chi connectivity index (χ4n) is 3.64. The van der Waals surface area contributed by atoms with Gasteiger partial charge in [0, 0.05) is 34.9 Å². The Morgan fingerprint density at radius 3 is 2.82 bits per heavy atom. The van der Waals surface area contributed by atoms with Crippen LogP contribution in [0.15, 0.2) is 64.6 Å². The number of benzene rings is 2. The molecule has 0 saturated carbocycles. The molecule has 1 atom stereocenters. The lowest BCUT2D eigenvalue weighted by atomic mass is 10.1. The Balaban J connectivity index is 1.53. The van der Waals surface area contributed by atoms with Crippen LogP contribution in [-0.4, -0.2) is 53.3 Å². The molecule has 10 heteroatoms. The molecule has 33 heavy (non-hydrogen) atoms. The molecule has 0 radical (unpaired) electrons. The zero-order valence-electron chi connectivity index (χ0n) is 17.5. The molecule has 2 heterocycles. The lowest BCUT2D eigenvalue weighted by Gasteiger charge is -2.34. The molecule has 2 aromatic carbocycles. The monoisotopic (exact) mass is 451 g/mol. The molecule has 1 saturated heterocycles. The summed E-state index contributed by atoms with van der Waals surface area (Å²) in [4.78, 5) is 29.4.